The molecule has 0 aliphatic heterocycles. The number of carbonyl (C=O) groups is 2. The zero-order valence-electron chi connectivity index (χ0n) is 35.6. The van der Waals surface area contributed by atoms with Crippen molar-refractivity contribution in [3.05, 3.63) is 60.8 Å². The van der Waals surface area contributed by atoms with E-state index in [9.17, 15) is 19.0 Å². The zero-order valence-corrected chi connectivity index (χ0v) is 36.5. The second-order valence-corrected chi connectivity index (χ2v) is 16.8. The molecule has 0 spiro atoms. The maximum atomic E-state index is 12.7. The first-order valence-electron chi connectivity index (χ1n) is 21.5. The fourth-order valence-electron chi connectivity index (χ4n) is 5.46. The fraction of sp³-hybridized carbons (Fsp3) is 0.733. The molecule has 0 amide bonds. The number of quaternary nitrogens is 1. The Kier molecular flexibility index (Phi) is 35.7. The average Bonchev–Trinajstić information content (AvgIpc) is 3.13. The minimum atomic E-state index is -4.39. The SMILES string of the molecule is CC/C=C\C/C=C\C/C=C\C/C=C\C/C=C\CCCC(=O)O[C@H](COC(=O)CCCCCCCCCCCCCCCC)COP(=O)(O)OCC[N+](C)(C)C. The van der Waals surface area contributed by atoms with Crippen LogP contribution >= 0.6 is 7.82 Å². The first-order chi connectivity index (χ1) is 26.5. The molecule has 0 fully saturated rings. The number of nitrogens with zero attached hydrogens (tertiary/aromatic N) is 1. The average molecular weight is 795 g/mol. The Morgan fingerprint density at radius 3 is 1.53 bits per heavy atom. The van der Waals surface area contributed by atoms with E-state index < -0.39 is 26.5 Å². The molecule has 2 atom stereocenters. The van der Waals surface area contributed by atoms with E-state index in [1.54, 1.807) is 0 Å². The summed E-state index contributed by atoms with van der Waals surface area (Å²) in [5.41, 5.74) is 0. The lowest BCUT2D eigenvalue weighted by atomic mass is 10.0. The van der Waals surface area contributed by atoms with Crippen molar-refractivity contribution in [2.75, 3.05) is 47.5 Å². The van der Waals surface area contributed by atoms with Crippen molar-refractivity contribution in [2.45, 2.75) is 168 Å². The number of carbonyl (C=O) groups excluding carboxylic acids is 2. The topological polar surface area (TPSA) is 108 Å². The van der Waals surface area contributed by atoms with Crippen LogP contribution in [0.15, 0.2) is 60.8 Å². The van der Waals surface area contributed by atoms with Gasteiger partial charge in [0.2, 0.25) is 0 Å². The largest absolute Gasteiger partial charge is 0.472 e. The minimum absolute atomic E-state index is 0.0196. The molecule has 9 nitrogen and oxygen atoms in total. The molecule has 1 N–H and O–H groups in total. The summed E-state index contributed by atoms with van der Waals surface area (Å²) in [6.07, 6.45) is 44.2. The number of hydrogen-bond donors (Lipinski definition) is 1. The lowest BCUT2D eigenvalue weighted by Gasteiger charge is -2.24. The maximum absolute atomic E-state index is 12.7. The standard InChI is InChI=1S/C45H80NO8P/c1-6-8-10-12-14-16-18-20-22-23-24-26-28-30-32-34-36-38-45(48)54-43(42-53-55(49,50)52-40-39-46(3,4)5)41-51-44(47)37-35-33-31-29-27-25-21-19-17-15-13-11-9-7-2/h8,10,14,16,20,22,24,26,30,32,43H,6-7,9,11-13,15,17-19,21,23,25,27-29,31,33-42H2,1-5H3/p+1/b10-8-,16-14-,22-20-,26-24-,32-30-/t43-/m1/s1. The van der Waals surface area contributed by atoms with Gasteiger partial charge in [0.15, 0.2) is 6.10 Å². The van der Waals surface area contributed by atoms with Gasteiger partial charge in [0.25, 0.3) is 0 Å². The lowest BCUT2D eigenvalue weighted by Crippen LogP contribution is -2.37. The summed E-state index contributed by atoms with van der Waals surface area (Å²) >= 11 is 0. The molecular weight excluding hydrogens is 713 g/mol. The molecule has 0 aromatic rings. The molecule has 0 bridgehead atoms. The van der Waals surface area contributed by atoms with Crippen LogP contribution in [0.5, 0.6) is 0 Å². The lowest BCUT2D eigenvalue weighted by molar-refractivity contribution is -0.870. The maximum Gasteiger partial charge on any atom is 0.472 e. The van der Waals surface area contributed by atoms with Crippen LogP contribution in [0.25, 0.3) is 0 Å². The van der Waals surface area contributed by atoms with Crippen molar-refractivity contribution >= 4 is 19.8 Å². The highest BCUT2D eigenvalue weighted by Crippen LogP contribution is 2.43. The molecule has 1 unspecified atom stereocenters. The highest BCUT2D eigenvalue weighted by molar-refractivity contribution is 7.47. The molecule has 55 heavy (non-hydrogen) atoms. The van der Waals surface area contributed by atoms with Gasteiger partial charge in [0.1, 0.15) is 19.8 Å². The van der Waals surface area contributed by atoms with E-state index in [2.05, 4.69) is 68.5 Å². The number of hydrogen-bond acceptors (Lipinski definition) is 7. The van der Waals surface area contributed by atoms with E-state index in [1.807, 2.05) is 27.2 Å². The van der Waals surface area contributed by atoms with E-state index in [0.29, 0.717) is 23.9 Å². The highest BCUT2D eigenvalue weighted by Gasteiger charge is 2.27. The molecule has 0 rings (SSSR count). The first-order valence-corrected chi connectivity index (χ1v) is 23.0. The quantitative estimate of drug-likeness (QED) is 0.0216. The van der Waals surface area contributed by atoms with E-state index in [-0.39, 0.29) is 32.0 Å². The van der Waals surface area contributed by atoms with Gasteiger partial charge in [-0.2, -0.15) is 0 Å². The molecule has 0 aliphatic rings. The number of unbranched alkanes of at least 4 members (excludes halogenated alkanes) is 14. The van der Waals surface area contributed by atoms with Crippen LogP contribution in [-0.4, -0.2) is 74.9 Å². The smallest absolute Gasteiger partial charge is 0.462 e. The van der Waals surface area contributed by atoms with Gasteiger partial charge in [0, 0.05) is 12.8 Å². The molecule has 0 aromatic heterocycles. The second kappa shape index (κ2) is 37.3. The molecule has 318 valence electrons. The minimum Gasteiger partial charge on any atom is -0.462 e. The van der Waals surface area contributed by atoms with Crippen molar-refractivity contribution < 1.29 is 42.1 Å². The van der Waals surface area contributed by atoms with Gasteiger partial charge >= 0.3 is 19.8 Å². The van der Waals surface area contributed by atoms with Crippen molar-refractivity contribution in [1.29, 1.82) is 0 Å². The molecule has 0 heterocycles. The predicted molar refractivity (Wildman–Crippen MR) is 229 cm³/mol. The molecular formula is C45H81NO8P+. The number of allylic oxidation sites excluding steroid dienone is 10. The number of likely N-dealkylation sites (N-methyl/N-ethyl adjacent to an activating group) is 1. The molecule has 0 saturated heterocycles. The van der Waals surface area contributed by atoms with Gasteiger partial charge in [-0.15, -0.1) is 0 Å². The third-order valence-electron chi connectivity index (χ3n) is 8.81. The Labute approximate surface area is 336 Å². The van der Waals surface area contributed by atoms with Crippen LogP contribution in [0.3, 0.4) is 0 Å². The van der Waals surface area contributed by atoms with Crippen molar-refractivity contribution in [3.8, 4) is 0 Å². The normalized spacial score (nSPS) is 14.2. The summed E-state index contributed by atoms with van der Waals surface area (Å²) in [4.78, 5) is 35.3. The number of ether oxygens (including phenoxy) is 2. The third-order valence-corrected chi connectivity index (χ3v) is 9.80. The van der Waals surface area contributed by atoms with E-state index in [0.717, 1.165) is 51.4 Å². The van der Waals surface area contributed by atoms with Gasteiger partial charge in [-0.1, -0.05) is 158 Å². The van der Waals surface area contributed by atoms with Crippen LogP contribution < -0.4 is 0 Å². The molecule has 0 saturated carbocycles. The predicted octanol–water partition coefficient (Wildman–Crippen LogP) is 12.1. The van der Waals surface area contributed by atoms with Crippen LogP contribution in [0, 0.1) is 0 Å². The Hall–Kier alpha value is -2.29. The summed E-state index contributed by atoms with van der Waals surface area (Å²) in [5.74, 6) is -0.868. The fourth-order valence-corrected chi connectivity index (χ4v) is 6.20. The summed E-state index contributed by atoms with van der Waals surface area (Å²) in [7, 11) is 1.43. The number of phosphoric ester groups is 1. The summed E-state index contributed by atoms with van der Waals surface area (Å²) in [6.45, 7) is 4.23. The Morgan fingerprint density at radius 1 is 0.582 bits per heavy atom. The second-order valence-electron chi connectivity index (χ2n) is 15.4. The summed E-state index contributed by atoms with van der Waals surface area (Å²) in [5, 5.41) is 0. The number of phosphoric acid groups is 1. The van der Waals surface area contributed by atoms with E-state index in [4.69, 9.17) is 18.5 Å². The van der Waals surface area contributed by atoms with E-state index in [1.165, 1.54) is 70.6 Å². The molecule has 0 aliphatic carbocycles. The van der Waals surface area contributed by atoms with Gasteiger partial charge < -0.3 is 18.9 Å². The molecule has 0 radical (unpaired) electrons. The van der Waals surface area contributed by atoms with E-state index >= 15 is 0 Å². The van der Waals surface area contributed by atoms with Crippen LogP contribution in [0.4, 0.5) is 0 Å². The Morgan fingerprint density at radius 2 is 1.04 bits per heavy atom. The van der Waals surface area contributed by atoms with Crippen molar-refractivity contribution in [2.24, 2.45) is 0 Å². The van der Waals surface area contributed by atoms with Crippen LogP contribution in [-0.2, 0) is 32.7 Å². The number of esters is 2. The summed E-state index contributed by atoms with van der Waals surface area (Å²) < 4.78 is 34.2. The first kappa shape index (κ1) is 52.7. The van der Waals surface area contributed by atoms with Gasteiger partial charge in [-0.05, 0) is 51.4 Å². The Bertz CT molecular complexity index is 1120. The monoisotopic (exact) mass is 795 g/mol. The molecule has 0 aromatic carbocycles. The van der Waals surface area contributed by atoms with Gasteiger partial charge in [-0.25, -0.2) is 4.57 Å². The third kappa shape index (κ3) is 41.2. The van der Waals surface area contributed by atoms with Crippen molar-refractivity contribution in [3.63, 3.8) is 0 Å². The number of rotatable bonds is 38. The van der Waals surface area contributed by atoms with Gasteiger partial charge in [-0.3, -0.25) is 18.6 Å². The summed E-state index contributed by atoms with van der Waals surface area (Å²) in [6, 6.07) is 0. The van der Waals surface area contributed by atoms with Crippen LogP contribution in [0.2, 0.25) is 0 Å². The Balaban J connectivity index is 4.48. The molecule has 10 heteroatoms. The highest BCUT2D eigenvalue weighted by atomic mass is 31.2. The van der Waals surface area contributed by atoms with Crippen LogP contribution in [0.1, 0.15) is 162 Å². The van der Waals surface area contributed by atoms with Gasteiger partial charge in [0.05, 0.1) is 27.7 Å². The zero-order chi connectivity index (χ0) is 40.7. The van der Waals surface area contributed by atoms with Crippen molar-refractivity contribution in [1.82, 2.24) is 0 Å².